The monoisotopic (exact) mass is 526 g/mol. The number of hydrogen-bond acceptors (Lipinski definition) is 6. The lowest BCUT2D eigenvalue weighted by Gasteiger charge is -2.16. The molecule has 2 aromatic carbocycles. The van der Waals surface area contributed by atoms with Crippen LogP contribution >= 0.6 is 34.5 Å². The van der Waals surface area contributed by atoms with Crippen molar-refractivity contribution in [3.63, 3.8) is 0 Å². The fraction of sp³-hybridized carbons (Fsp3) is 0.200. The molecule has 1 saturated heterocycles. The van der Waals surface area contributed by atoms with Gasteiger partial charge in [-0.1, -0.05) is 41.4 Å². The van der Waals surface area contributed by atoms with Crippen LogP contribution < -0.4 is 10.1 Å². The number of rotatable bonds is 7. The lowest BCUT2D eigenvalue weighted by atomic mass is 10.1. The quantitative estimate of drug-likeness (QED) is 0.323. The Bertz CT molecular complexity index is 1370. The van der Waals surface area contributed by atoms with Crippen molar-refractivity contribution in [3.8, 4) is 17.1 Å². The van der Waals surface area contributed by atoms with Crippen molar-refractivity contribution in [2.45, 2.75) is 12.8 Å². The molecule has 2 aromatic heterocycles. The number of benzene rings is 2. The van der Waals surface area contributed by atoms with Gasteiger partial charge in [0.2, 0.25) is 11.8 Å². The Morgan fingerprint density at radius 1 is 1.14 bits per heavy atom. The lowest BCUT2D eigenvalue weighted by Crippen LogP contribution is -2.29. The highest BCUT2D eigenvalue weighted by Crippen LogP contribution is 2.32. The van der Waals surface area contributed by atoms with E-state index in [0.717, 1.165) is 23.1 Å². The number of carbonyl (C=O) groups is 2. The highest BCUT2D eigenvalue weighted by molar-refractivity contribution is 7.20. The summed E-state index contributed by atoms with van der Waals surface area (Å²) in [6.07, 6.45) is 2.92. The molecule has 1 aliphatic rings. The zero-order chi connectivity index (χ0) is 24.4. The number of anilines is 1. The van der Waals surface area contributed by atoms with E-state index in [1.165, 1.54) is 17.5 Å². The molecule has 35 heavy (non-hydrogen) atoms. The summed E-state index contributed by atoms with van der Waals surface area (Å²) in [6.45, 7) is 1.47. The van der Waals surface area contributed by atoms with Crippen LogP contribution in [0.25, 0.3) is 21.3 Å². The zero-order valence-corrected chi connectivity index (χ0v) is 20.8. The van der Waals surface area contributed by atoms with E-state index >= 15 is 0 Å². The normalized spacial score (nSPS) is 13.4. The van der Waals surface area contributed by atoms with Crippen LogP contribution in [0.1, 0.15) is 22.5 Å². The number of thiophene rings is 1. The molecule has 10 heteroatoms. The van der Waals surface area contributed by atoms with Crippen LogP contribution in [0, 0.1) is 0 Å². The Labute approximate surface area is 215 Å². The summed E-state index contributed by atoms with van der Waals surface area (Å²) in [5, 5.41) is 4.73. The number of aromatic nitrogens is 2. The van der Waals surface area contributed by atoms with E-state index < -0.39 is 0 Å². The number of carbonyl (C=O) groups excluding carboxylic acids is 2. The summed E-state index contributed by atoms with van der Waals surface area (Å²) in [6, 6.07) is 14.6. The van der Waals surface area contributed by atoms with Gasteiger partial charge in [0.15, 0.2) is 5.82 Å². The average molecular weight is 527 g/mol. The first-order valence-corrected chi connectivity index (χ1v) is 12.6. The van der Waals surface area contributed by atoms with E-state index in [1.54, 1.807) is 23.1 Å². The molecule has 0 unspecified atom stereocenters. The number of amides is 2. The van der Waals surface area contributed by atoms with Crippen molar-refractivity contribution in [1.29, 1.82) is 0 Å². The predicted octanol–water partition coefficient (Wildman–Crippen LogP) is 5.92. The first-order valence-electron chi connectivity index (χ1n) is 11.0. The minimum atomic E-state index is -0.310. The Kier molecular flexibility index (Phi) is 6.86. The lowest BCUT2D eigenvalue weighted by molar-refractivity contribution is -0.128. The summed E-state index contributed by atoms with van der Waals surface area (Å²) in [7, 11) is 0. The van der Waals surface area contributed by atoms with E-state index in [2.05, 4.69) is 15.3 Å². The average Bonchev–Trinajstić information content (AvgIpc) is 3.45. The van der Waals surface area contributed by atoms with Crippen LogP contribution in [0.2, 0.25) is 10.0 Å². The van der Waals surface area contributed by atoms with Crippen molar-refractivity contribution >= 4 is 62.3 Å². The van der Waals surface area contributed by atoms with Crippen molar-refractivity contribution in [1.82, 2.24) is 14.9 Å². The molecule has 5 rings (SSSR count). The third-order valence-electron chi connectivity index (χ3n) is 5.55. The number of ether oxygens (including phenoxy) is 1. The fourth-order valence-corrected chi connectivity index (χ4v) is 5.38. The van der Waals surface area contributed by atoms with Gasteiger partial charge in [-0.15, -0.1) is 11.3 Å². The minimum Gasteiger partial charge on any atom is -0.475 e. The first-order chi connectivity index (χ1) is 17.0. The second kappa shape index (κ2) is 10.2. The van der Waals surface area contributed by atoms with Crippen molar-refractivity contribution in [2.75, 3.05) is 25.0 Å². The molecule has 3 heterocycles. The van der Waals surface area contributed by atoms with E-state index in [-0.39, 0.29) is 30.1 Å². The Hall–Kier alpha value is -3.20. The van der Waals surface area contributed by atoms with Gasteiger partial charge in [0.05, 0.1) is 17.6 Å². The maximum atomic E-state index is 13.1. The molecule has 1 N–H and O–H groups in total. The molecule has 0 spiro atoms. The van der Waals surface area contributed by atoms with Gasteiger partial charge < -0.3 is 15.0 Å². The summed E-state index contributed by atoms with van der Waals surface area (Å²) in [4.78, 5) is 36.3. The number of halogens is 2. The summed E-state index contributed by atoms with van der Waals surface area (Å²) in [5.41, 5.74) is 1.02. The maximum absolute atomic E-state index is 13.1. The standard InChI is InChI=1S/C25H20Cl2N4O3S/c26-17-10-16(11-18(27)13-17)23-24(30-25(33)20-12-15-4-1-2-5-19(15)35-20)29-21(14-28-23)34-9-8-31-7-3-6-22(31)32/h1-2,4-5,10-14H,3,6-9H2,(H,29,30,33). The minimum absolute atomic E-state index is 0.129. The van der Waals surface area contributed by atoms with Crippen molar-refractivity contribution in [3.05, 3.63) is 69.7 Å². The molecular formula is C25H20Cl2N4O3S. The number of nitrogens with zero attached hydrogens (tertiary/aromatic N) is 3. The van der Waals surface area contributed by atoms with Gasteiger partial charge in [0.25, 0.3) is 5.91 Å². The van der Waals surface area contributed by atoms with Crippen LogP contribution in [-0.4, -0.2) is 46.4 Å². The molecule has 1 aliphatic heterocycles. The van der Waals surface area contributed by atoms with Crippen LogP contribution in [0.5, 0.6) is 5.88 Å². The second-order valence-electron chi connectivity index (χ2n) is 8.00. The molecule has 0 bridgehead atoms. The van der Waals surface area contributed by atoms with Crippen LogP contribution in [0.15, 0.2) is 54.7 Å². The van der Waals surface area contributed by atoms with E-state index in [0.29, 0.717) is 39.1 Å². The van der Waals surface area contributed by atoms with Gasteiger partial charge in [-0.05, 0) is 42.1 Å². The van der Waals surface area contributed by atoms with E-state index in [4.69, 9.17) is 27.9 Å². The third kappa shape index (κ3) is 5.40. The number of hydrogen-bond donors (Lipinski definition) is 1. The van der Waals surface area contributed by atoms with E-state index in [9.17, 15) is 9.59 Å². The van der Waals surface area contributed by atoms with Gasteiger partial charge in [0, 0.05) is 33.3 Å². The topological polar surface area (TPSA) is 84.4 Å². The molecule has 178 valence electrons. The highest BCUT2D eigenvalue weighted by Gasteiger charge is 2.20. The molecule has 0 radical (unpaired) electrons. The van der Waals surface area contributed by atoms with Gasteiger partial charge in [0.1, 0.15) is 12.3 Å². The van der Waals surface area contributed by atoms with Gasteiger partial charge in [-0.25, -0.2) is 4.98 Å². The molecule has 0 aliphatic carbocycles. The predicted molar refractivity (Wildman–Crippen MR) is 139 cm³/mol. The highest BCUT2D eigenvalue weighted by atomic mass is 35.5. The molecule has 1 fully saturated rings. The molecule has 2 amide bonds. The summed E-state index contributed by atoms with van der Waals surface area (Å²) >= 11 is 13.8. The number of likely N-dealkylation sites (tertiary alicyclic amines) is 1. The van der Waals surface area contributed by atoms with Gasteiger partial charge >= 0.3 is 0 Å². The fourth-order valence-electron chi connectivity index (χ4n) is 3.90. The molecule has 0 saturated carbocycles. The third-order valence-corrected chi connectivity index (χ3v) is 7.10. The Morgan fingerprint density at radius 2 is 1.94 bits per heavy atom. The largest absolute Gasteiger partial charge is 0.475 e. The Morgan fingerprint density at radius 3 is 2.69 bits per heavy atom. The summed E-state index contributed by atoms with van der Waals surface area (Å²) in [5.74, 6) is 0.277. The van der Waals surface area contributed by atoms with Gasteiger partial charge in [-0.2, -0.15) is 4.98 Å². The second-order valence-corrected chi connectivity index (χ2v) is 9.96. The maximum Gasteiger partial charge on any atom is 0.266 e. The molecule has 7 nitrogen and oxygen atoms in total. The van der Waals surface area contributed by atoms with Crippen LogP contribution in [-0.2, 0) is 4.79 Å². The van der Waals surface area contributed by atoms with Crippen molar-refractivity contribution < 1.29 is 14.3 Å². The molecule has 0 atom stereocenters. The Balaban J connectivity index is 1.42. The molecule has 4 aromatic rings. The number of nitrogens with one attached hydrogen (secondary N) is 1. The van der Waals surface area contributed by atoms with Crippen LogP contribution in [0.3, 0.4) is 0 Å². The van der Waals surface area contributed by atoms with Crippen molar-refractivity contribution in [2.24, 2.45) is 0 Å². The summed E-state index contributed by atoms with van der Waals surface area (Å²) < 4.78 is 6.78. The van der Waals surface area contributed by atoms with E-state index in [1.807, 2.05) is 30.3 Å². The smallest absolute Gasteiger partial charge is 0.266 e. The molecular weight excluding hydrogens is 507 g/mol. The SMILES string of the molecule is O=C(Nc1nc(OCCN2CCCC2=O)cnc1-c1cc(Cl)cc(Cl)c1)c1cc2ccccc2s1. The zero-order valence-electron chi connectivity index (χ0n) is 18.5. The first kappa shape index (κ1) is 23.5. The van der Waals surface area contributed by atoms with Gasteiger partial charge in [-0.3, -0.25) is 9.59 Å². The number of fused-ring (bicyclic) bond motifs is 1. The van der Waals surface area contributed by atoms with Crippen LogP contribution in [0.4, 0.5) is 5.82 Å².